The van der Waals surface area contributed by atoms with Gasteiger partial charge in [0.05, 0.1) is 42.8 Å². The van der Waals surface area contributed by atoms with Gasteiger partial charge in [0.25, 0.3) is 17.7 Å². The molecule has 51 nitrogen and oxygen atoms in total. The molecule has 0 bridgehead atoms. The van der Waals surface area contributed by atoms with Crippen LogP contribution in [0.15, 0.2) is 80.0 Å². The van der Waals surface area contributed by atoms with E-state index in [1.54, 1.807) is 0 Å². The van der Waals surface area contributed by atoms with Crippen molar-refractivity contribution in [3.05, 3.63) is 103 Å². The molecule has 9 heterocycles. The van der Waals surface area contributed by atoms with Crippen LogP contribution in [0.1, 0.15) is 153 Å². The highest BCUT2D eigenvalue weighted by molar-refractivity contribution is 5.99. The summed E-state index contributed by atoms with van der Waals surface area (Å²) in [5, 5.41) is 96.5. The quantitative estimate of drug-likeness (QED) is 0.0111. The fraction of sp³-hybridized carbons (Fsp3) is 0.561. The number of nitrogens with zero attached hydrogens (tertiary/aromatic N) is 8. The molecule has 6 fully saturated rings. The standard InChI is InChI=1S/C82H122N36O15/c83-65(120)55(27-43-13-15-50(119)16-14-43)116-71(126)53(11-3-7-20-101-69(124)62-40-94-23-26-97-62)114-76(131)63-32-48(110-81(88)89)41-117(63)78(133)64-33-49(111-82(90)91)42-118(64)77(132)54(115-70(125)52(10-2-6-19-100-68(123)61-39-93-22-25-96-61)113-75(130)59-29-45(35-103-59)107-73(128)57-31-47(37-105-57)109-80(86)87)12-4-8-17-98-66(121)51(9-1-5-18-99-67(122)60-38-92-21-24-95-60)112-74(129)58-28-44(34-102-58)106-72(127)56-30-46(36-104-56)108-79(84)85/h13-16,21-26,38-40,44-49,51-59,63-64,102-105,119H,1-12,17-20,27-37,41-42H2,(H2,83,120)(H,98,121)(H,99,122)(H,100,123)(H,101,124)(H,106,127)(H,107,128)(H,112,129)(H,113,130)(H,114,131)(H,115,125)(H,116,126)(H4,84,85,108)(H4,86,87,109)(H4,88,89,110)(H4,90,91,111)/t44-,45-,46-,47-,48-,49-,51+,52+,53+,54+,55+,56+,57+,58-,59-,63+,64+/m1/s1. The van der Waals surface area contributed by atoms with Gasteiger partial charge >= 0.3 is 0 Å². The van der Waals surface area contributed by atoms with E-state index in [-0.39, 0.29) is 207 Å². The molecular formula is C82H122N36O15. The third-order valence-electron chi connectivity index (χ3n) is 23.4. The summed E-state index contributed by atoms with van der Waals surface area (Å²) in [5.74, 6) is -11.1. The first-order valence-electron chi connectivity index (χ1n) is 44.4. The number of rotatable bonds is 47. The average molecular weight is 1850 g/mol. The molecule has 0 saturated carbocycles. The largest absolute Gasteiger partial charge is 0.508 e. The van der Waals surface area contributed by atoms with Crippen molar-refractivity contribution in [1.82, 2.24) is 141 Å². The normalized spacial score (nSPS) is 22.3. The lowest BCUT2D eigenvalue weighted by Crippen LogP contribution is -2.59. The third-order valence-corrected chi connectivity index (χ3v) is 23.4. The van der Waals surface area contributed by atoms with Crippen molar-refractivity contribution in [2.75, 3.05) is 65.4 Å². The monoisotopic (exact) mass is 1850 g/mol. The van der Waals surface area contributed by atoms with Gasteiger partial charge in [0.1, 0.15) is 65.1 Å². The van der Waals surface area contributed by atoms with Gasteiger partial charge in [0.15, 0.2) is 23.8 Å². The number of nitrogens with two attached hydrogens (primary N) is 5. The SMILES string of the molecule is N=C(N)N[C@@H]1C[C@@H](C(=O)N2C[C@H](NC(=N)N)C[C@H]2C(=O)N[C@@H](CCCCNC(=O)c2cnccn2)C(=O)N[C@@H](Cc2ccc(O)cc2)C(N)=O)N(C(=O)[C@H](CCCCNC(=O)[C@H](CCCCNC(=O)c2cnccn2)NC(=O)[C@H]2C[C@@H](NC(=O)[C@@H]3C[C@@H](NC(=N)N)CN3)CN2)NC(=O)[C@H](CCCCNC(=O)c2cnccn2)NC(=O)[C@H]2C[C@@H](NC(=O)[C@@H]3C[C@@H](NC(=N)N)CN3)CN2)C1. The molecule has 0 aliphatic carbocycles. The van der Waals surface area contributed by atoms with E-state index >= 15 is 19.2 Å². The molecule has 133 heavy (non-hydrogen) atoms. The molecule has 1 aromatic carbocycles. The van der Waals surface area contributed by atoms with Gasteiger partial charge in [-0.15, -0.1) is 0 Å². The molecule has 4 aromatic rings. The number of primary amides is 1. The number of hydrogen-bond acceptors (Lipinski definition) is 29. The van der Waals surface area contributed by atoms with Gasteiger partial charge in [-0.05, 0) is 133 Å². The molecule has 6 aliphatic heterocycles. The van der Waals surface area contributed by atoms with E-state index in [0.29, 0.717) is 44.3 Å². The summed E-state index contributed by atoms with van der Waals surface area (Å²) in [6, 6.07) is -10.9. The second kappa shape index (κ2) is 50.2. The molecule has 34 N–H and O–H groups in total. The van der Waals surface area contributed by atoms with Gasteiger partial charge in [-0.3, -0.25) is 104 Å². The zero-order valence-electron chi connectivity index (χ0n) is 73.5. The minimum absolute atomic E-state index is 0.0202. The van der Waals surface area contributed by atoms with Crippen LogP contribution in [0.4, 0.5) is 0 Å². The number of benzene rings is 1. The van der Waals surface area contributed by atoms with E-state index in [9.17, 15) is 53.1 Å². The van der Waals surface area contributed by atoms with Crippen LogP contribution in [0.5, 0.6) is 5.75 Å². The van der Waals surface area contributed by atoms with Gasteiger partial charge in [-0.2, -0.15) is 0 Å². The lowest BCUT2D eigenvalue weighted by Gasteiger charge is -2.33. The number of aromatic nitrogens is 6. The Kier molecular flexibility index (Phi) is 38.1. The summed E-state index contributed by atoms with van der Waals surface area (Å²) in [6.07, 6.45) is 13.5. The average Bonchev–Trinajstić information content (AvgIpc) is 1.63. The molecule has 0 radical (unpaired) electrons. The Bertz CT molecular complexity index is 4740. The highest BCUT2D eigenvalue weighted by Crippen LogP contribution is 2.29. The summed E-state index contributed by atoms with van der Waals surface area (Å²) in [7, 11) is 0. The summed E-state index contributed by atoms with van der Waals surface area (Å²) in [6.45, 7) is 0.584. The van der Waals surface area contributed by atoms with Crippen molar-refractivity contribution >= 4 is 107 Å². The molecule has 10 rings (SSSR count). The van der Waals surface area contributed by atoms with Gasteiger partial charge in [-0.1, -0.05) is 12.1 Å². The first-order valence-corrected chi connectivity index (χ1v) is 44.4. The predicted molar refractivity (Wildman–Crippen MR) is 477 cm³/mol. The minimum Gasteiger partial charge on any atom is -0.508 e. The number of guanidine groups is 4. The summed E-state index contributed by atoms with van der Waals surface area (Å²) in [5.41, 5.74) is 29.5. The highest BCUT2D eigenvalue weighted by atomic mass is 16.3. The lowest BCUT2D eigenvalue weighted by molar-refractivity contribution is -0.148. The topological polar surface area (TPSA) is 797 Å². The first kappa shape index (κ1) is 101. The number of unbranched alkanes of at least 4 members (excludes halogenated alkanes) is 4. The van der Waals surface area contributed by atoms with E-state index < -0.39 is 173 Å². The Morgan fingerprint density at radius 1 is 0.376 bits per heavy atom. The number of carbonyl (C=O) groups excluding carboxylic acids is 14. The van der Waals surface area contributed by atoms with Crippen LogP contribution in [-0.4, -0.2) is 320 Å². The van der Waals surface area contributed by atoms with Gasteiger partial charge < -0.3 is 145 Å². The fourth-order valence-corrected chi connectivity index (χ4v) is 16.8. The number of phenols is 1. The number of amides is 14. The summed E-state index contributed by atoms with van der Waals surface area (Å²) < 4.78 is 0. The molecular weight excluding hydrogens is 1730 g/mol. The Labute approximate surface area is 765 Å². The van der Waals surface area contributed by atoms with Gasteiger partial charge in [0.2, 0.25) is 65.0 Å². The van der Waals surface area contributed by atoms with Crippen LogP contribution < -0.4 is 130 Å². The van der Waals surface area contributed by atoms with Crippen LogP contribution in [0.3, 0.4) is 0 Å². The molecule has 720 valence electrons. The van der Waals surface area contributed by atoms with Crippen molar-refractivity contribution < 1.29 is 72.2 Å². The second-order valence-electron chi connectivity index (χ2n) is 33.6. The molecule has 0 unspecified atom stereocenters. The summed E-state index contributed by atoms with van der Waals surface area (Å²) >= 11 is 0. The van der Waals surface area contributed by atoms with Crippen LogP contribution >= 0.6 is 0 Å². The number of hydrogen-bond donors (Lipinski definition) is 29. The van der Waals surface area contributed by atoms with Crippen molar-refractivity contribution in [1.29, 1.82) is 21.6 Å². The van der Waals surface area contributed by atoms with Crippen LogP contribution in [0.2, 0.25) is 0 Å². The van der Waals surface area contributed by atoms with Crippen molar-refractivity contribution in [3.8, 4) is 5.75 Å². The lowest BCUT2D eigenvalue weighted by atomic mass is 10.0. The smallest absolute Gasteiger partial charge is 0.271 e. The molecule has 3 aromatic heterocycles. The number of phenolic OH excluding ortho intramolecular Hbond substituents is 1. The predicted octanol–water partition coefficient (Wildman–Crippen LogP) is -9.67. The van der Waals surface area contributed by atoms with Crippen LogP contribution in [-0.2, 0) is 59.2 Å². The maximum atomic E-state index is 16.1. The highest BCUT2D eigenvalue weighted by Gasteiger charge is 2.50. The molecule has 51 heteroatoms. The van der Waals surface area contributed by atoms with E-state index in [2.05, 4.69) is 131 Å². The molecule has 6 saturated heterocycles. The number of likely N-dealkylation sites (tertiary alicyclic amines) is 2. The van der Waals surface area contributed by atoms with Crippen LogP contribution in [0.25, 0.3) is 0 Å². The van der Waals surface area contributed by atoms with E-state index in [1.807, 2.05) is 0 Å². The van der Waals surface area contributed by atoms with Crippen molar-refractivity contribution in [2.45, 2.75) is 225 Å². The zero-order valence-corrected chi connectivity index (χ0v) is 73.5. The Hall–Kier alpha value is -14.2. The second-order valence-corrected chi connectivity index (χ2v) is 33.6. The molecule has 0 spiro atoms. The van der Waals surface area contributed by atoms with E-state index in [0.717, 1.165) is 9.80 Å². The van der Waals surface area contributed by atoms with Gasteiger partial charge in [-0.25, -0.2) is 15.0 Å². The molecule has 14 amide bonds. The van der Waals surface area contributed by atoms with Gasteiger partial charge in [0, 0.05) is 145 Å². The molecule has 6 aliphatic rings. The van der Waals surface area contributed by atoms with Crippen LogP contribution in [0, 0.1) is 21.6 Å². The Balaban J connectivity index is 0.899. The first-order chi connectivity index (χ1) is 63.8. The third kappa shape index (κ3) is 31.5. The maximum Gasteiger partial charge on any atom is 0.271 e. The summed E-state index contributed by atoms with van der Waals surface area (Å²) in [4.78, 5) is 226. The maximum absolute atomic E-state index is 16.1. The van der Waals surface area contributed by atoms with Crippen molar-refractivity contribution in [2.24, 2.45) is 28.7 Å². The number of carbonyl (C=O) groups is 14. The number of nitrogens with one attached hydrogen (secondary N) is 23. The Morgan fingerprint density at radius 2 is 0.722 bits per heavy atom. The Morgan fingerprint density at radius 3 is 1.11 bits per heavy atom. The van der Waals surface area contributed by atoms with Crippen molar-refractivity contribution in [3.63, 3.8) is 0 Å². The number of aromatic hydroxyl groups is 1. The van der Waals surface area contributed by atoms with E-state index in [4.69, 9.17) is 50.3 Å². The minimum atomic E-state index is -1.61. The fourth-order valence-electron chi connectivity index (χ4n) is 16.8. The van der Waals surface area contributed by atoms with E-state index in [1.165, 1.54) is 80.0 Å². The zero-order chi connectivity index (χ0) is 95.6. The molecule has 17 atom stereocenters.